The fraction of sp³-hybridized carbons (Fsp3) is 0.364. The molecule has 4 rings (SSSR count). The van der Waals surface area contributed by atoms with Gasteiger partial charge in [-0.2, -0.15) is 0 Å². The van der Waals surface area contributed by atoms with Crippen molar-refractivity contribution in [1.82, 2.24) is 15.1 Å². The number of benzene rings is 2. The molecule has 0 bridgehead atoms. The van der Waals surface area contributed by atoms with Crippen LogP contribution in [0.5, 0.6) is 5.75 Å². The molecule has 1 saturated heterocycles. The van der Waals surface area contributed by atoms with E-state index < -0.39 is 0 Å². The minimum absolute atomic E-state index is 0.0393. The molecule has 146 valence electrons. The summed E-state index contributed by atoms with van der Waals surface area (Å²) >= 11 is 0. The van der Waals surface area contributed by atoms with Crippen LogP contribution in [0.15, 0.2) is 54.6 Å². The van der Waals surface area contributed by atoms with Crippen LogP contribution in [0.4, 0.5) is 4.79 Å². The van der Waals surface area contributed by atoms with Gasteiger partial charge < -0.3 is 19.9 Å². The minimum atomic E-state index is -0.360. The Hall–Kier alpha value is -3.02. The lowest BCUT2D eigenvalue weighted by Gasteiger charge is -2.35. The van der Waals surface area contributed by atoms with E-state index in [2.05, 4.69) is 5.32 Å². The number of hydrogen-bond donors (Lipinski definition) is 1. The van der Waals surface area contributed by atoms with Gasteiger partial charge in [0.15, 0.2) is 0 Å². The topological polar surface area (TPSA) is 61.9 Å². The van der Waals surface area contributed by atoms with Gasteiger partial charge in [-0.25, -0.2) is 4.79 Å². The van der Waals surface area contributed by atoms with Crippen molar-refractivity contribution in [3.05, 3.63) is 65.7 Å². The van der Waals surface area contributed by atoms with Gasteiger partial charge in [-0.1, -0.05) is 48.5 Å². The predicted octanol–water partition coefficient (Wildman–Crippen LogP) is 2.80. The van der Waals surface area contributed by atoms with Crippen molar-refractivity contribution in [1.29, 1.82) is 0 Å². The molecule has 0 radical (unpaired) electrons. The lowest BCUT2D eigenvalue weighted by molar-refractivity contribution is -0.135. The van der Waals surface area contributed by atoms with Crippen molar-refractivity contribution < 1.29 is 14.3 Å². The molecule has 2 aliphatic rings. The standard InChI is InChI=1S/C22H25N3O3/c1-28-19-10-6-5-9-18(19)21(16-7-3-2-4-8-16)23-22(27)24-13-14-25(17-11-12-17)20(26)15-24/h2-10,17,21H,11-15H2,1H3,(H,23,27). The maximum atomic E-state index is 13.0. The molecule has 1 heterocycles. The summed E-state index contributed by atoms with van der Waals surface area (Å²) in [5.74, 6) is 0.753. The number of urea groups is 1. The van der Waals surface area contributed by atoms with Gasteiger partial charge in [0, 0.05) is 24.7 Å². The Morgan fingerprint density at radius 3 is 2.46 bits per heavy atom. The molecule has 28 heavy (non-hydrogen) atoms. The average Bonchev–Trinajstić information content (AvgIpc) is 3.57. The van der Waals surface area contributed by atoms with Gasteiger partial charge in [-0.15, -0.1) is 0 Å². The number of para-hydroxylation sites is 1. The first-order chi connectivity index (χ1) is 13.7. The third kappa shape index (κ3) is 3.81. The highest BCUT2D eigenvalue weighted by atomic mass is 16.5. The number of hydrogen-bond acceptors (Lipinski definition) is 3. The lowest BCUT2D eigenvalue weighted by Crippen LogP contribution is -2.55. The minimum Gasteiger partial charge on any atom is -0.496 e. The molecule has 1 saturated carbocycles. The van der Waals surface area contributed by atoms with E-state index in [9.17, 15) is 9.59 Å². The van der Waals surface area contributed by atoms with Crippen LogP contribution in [-0.2, 0) is 4.79 Å². The summed E-state index contributed by atoms with van der Waals surface area (Å²) in [7, 11) is 1.62. The first-order valence-corrected chi connectivity index (χ1v) is 9.70. The van der Waals surface area contributed by atoms with Crippen molar-refractivity contribution in [3.63, 3.8) is 0 Å². The number of amides is 3. The van der Waals surface area contributed by atoms with E-state index in [4.69, 9.17) is 4.74 Å². The quantitative estimate of drug-likeness (QED) is 0.869. The summed E-state index contributed by atoms with van der Waals surface area (Å²) < 4.78 is 5.51. The van der Waals surface area contributed by atoms with Crippen LogP contribution in [0.2, 0.25) is 0 Å². The summed E-state index contributed by atoms with van der Waals surface area (Å²) in [4.78, 5) is 28.9. The molecule has 6 heteroatoms. The van der Waals surface area contributed by atoms with Gasteiger partial charge in [-0.3, -0.25) is 4.79 Å². The highest BCUT2D eigenvalue weighted by Gasteiger charge is 2.37. The molecule has 3 amide bonds. The summed E-state index contributed by atoms with van der Waals surface area (Å²) in [6.45, 7) is 1.30. The van der Waals surface area contributed by atoms with E-state index in [1.807, 2.05) is 59.5 Å². The SMILES string of the molecule is COc1ccccc1C(NC(=O)N1CCN(C2CC2)C(=O)C1)c1ccccc1. The molecule has 1 aliphatic heterocycles. The van der Waals surface area contributed by atoms with Gasteiger partial charge in [-0.05, 0) is 24.5 Å². The van der Waals surface area contributed by atoms with Gasteiger partial charge >= 0.3 is 6.03 Å². The van der Waals surface area contributed by atoms with Crippen LogP contribution >= 0.6 is 0 Å². The fourth-order valence-corrected chi connectivity index (χ4v) is 3.74. The van der Waals surface area contributed by atoms with Gasteiger partial charge in [0.05, 0.1) is 13.2 Å². The molecule has 2 aromatic carbocycles. The zero-order valence-electron chi connectivity index (χ0n) is 16.0. The Morgan fingerprint density at radius 1 is 1.07 bits per heavy atom. The summed E-state index contributed by atoms with van der Waals surface area (Å²) in [5.41, 5.74) is 1.84. The van der Waals surface area contributed by atoms with Crippen molar-refractivity contribution in [2.24, 2.45) is 0 Å². The largest absolute Gasteiger partial charge is 0.496 e. The van der Waals surface area contributed by atoms with Crippen LogP contribution < -0.4 is 10.1 Å². The number of carbonyl (C=O) groups excluding carboxylic acids is 2. The van der Waals surface area contributed by atoms with E-state index in [0.717, 1.165) is 24.0 Å². The lowest BCUT2D eigenvalue weighted by atomic mass is 9.98. The average molecular weight is 379 g/mol. The number of methoxy groups -OCH3 is 1. The van der Waals surface area contributed by atoms with Crippen LogP contribution in [-0.4, -0.2) is 54.5 Å². The number of carbonyl (C=O) groups is 2. The van der Waals surface area contributed by atoms with E-state index in [0.29, 0.717) is 24.9 Å². The Kier molecular flexibility index (Phi) is 5.19. The molecule has 0 spiro atoms. The maximum Gasteiger partial charge on any atom is 0.318 e. The van der Waals surface area contributed by atoms with Crippen molar-refractivity contribution in [2.45, 2.75) is 24.9 Å². The summed E-state index contributed by atoms with van der Waals surface area (Å²) in [5, 5.41) is 3.11. The Morgan fingerprint density at radius 2 is 1.79 bits per heavy atom. The Labute approximate surface area is 165 Å². The normalized spacial score (nSPS) is 18.0. The van der Waals surface area contributed by atoms with E-state index in [1.54, 1.807) is 12.0 Å². The molecule has 1 aliphatic carbocycles. The Bertz CT molecular complexity index is 851. The van der Waals surface area contributed by atoms with E-state index in [-0.39, 0.29) is 24.5 Å². The molecular formula is C22H25N3O3. The monoisotopic (exact) mass is 379 g/mol. The maximum absolute atomic E-state index is 13.0. The highest BCUT2D eigenvalue weighted by Crippen LogP contribution is 2.31. The molecule has 0 aromatic heterocycles. The number of rotatable bonds is 5. The number of nitrogens with zero attached hydrogens (tertiary/aromatic N) is 2. The molecule has 1 N–H and O–H groups in total. The molecule has 1 atom stereocenters. The second-order valence-electron chi connectivity index (χ2n) is 7.27. The van der Waals surface area contributed by atoms with Crippen molar-refractivity contribution in [3.8, 4) is 5.75 Å². The summed E-state index contributed by atoms with van der Waals surface area (Å²) in [6.07, 6.45) is 2.17. The van der Waals surface area contributed by atoms with Crippen LogP contribution in [0.3, 0.4) is 0 Å². The number of piperazine rings is 1. The second-order valence-corrected chi connectivity index (χ2v) is 7.27. The van der Waals surface area contributed by atoms with Gasteiger partial charge in [0.25, 0.3) is 0 Å². The number of nitrogens with one attached hydrogen (secondary N) is 1. The first kappa shape index (κ1) is 18.3. The first-order valence-electron chi connectivity index (χ1n) is 9.70. The second kappa shape index (κ2) is 7.92. The zero-order valence-corrected chi connectivity index (χ0v) is 16.0. The smallest absolute Gasteiger partial charge is 0.318 e. The fourth-order valence-electron chi connectivity index (χ4n) is 3.74. The summed E-state index contributed by atoms with van der Waals surface area (Å²) in [6, 6.07) is 17.3. The highest BCUT2D eigenvalue weighted by molar-refractivity contribution is 5.86. The molecule has 2 aromatic rings. The van der Waals surface area contributed by atoms with E-state index in [1.165, 1.54) is 0 Å². The molecular weight excluding hydrogens is 354 g/mol. The third-order valence-electron chi connectivity index (χ3n) is 5.38. The van der Waals surface area contributed by atoms with Crippen LogP contribution in [0.1, 0.15) is 30.0 Å². The molecule has 2 fully saturated rings. The van der Waals surface area contributed by atoms with Crippen LogP contribution in [0.25, 0.3) is 0 Å². The van der Waals surface area contributed by atoms with E-state index >= 15 is 0 Å². The van der Waals surface area contributed by atoms with Crippen molar-refractivity contribution in [2.75, 3.05) is 26.7 Å². The Balaban J connectivity index is 1.54. The van der Waals surface area contributed by atoms with Crippen LogP contribution in [0, 0.1) is 0 Å². The zero-order chi connectivity index (χ0) is 19.5. The van der Waals surface area contributed by atoms with Gasteiger partial charge in [0.1, 0.15) is 12.3 Å². The van der Waals surface area contributed by atoms with Crippen molar-refractivity contribution >= 4 is 11.9 Å². The number of ether oxygens (including phenoxy) is 1. The molecule has 6 nitrogen and oxygen atoms in total. The predicted molar refractivity (Wildman–Crippen MR) is 106 cm³/mol. The molecule has 1 unspecified atom stereocenters. The van der Waals surface area contributed by atoms with Gasteiger partial charge in [0.2, 0.25) is 5.91 Å². The third-order valence-corrected chi connectivity index (χ3v) is 5.38.